The number of amides is 1. The van der Waals surface area contributed by atoms with Crippen molar-refractivity contribution in [3.63, 3.8) is 0 Å². The van der Waals surface area contributed by atoms with Gasteiger partial charge >= 0.3 is 0 Å². The van der Waals surface area contributed by atoms with Crippen LogP contribution in [0.5, 0.6) is 0 Å². The van der Waals surface area contributed by atoms with Crippen molar-refractivity contribution in [3.05, 3.63) is 0 Å². The van der Waals surface area contributed by atoms with E-state index in [4.69, 9.17) is 4.74 Å². The van der Waals surface area contributed by atoms with Gasteiger partial charge in [-0.2, -0.15) is 0 Å². The molecule has 1 rings (SSSR count). The highest BCUT2D eigenvalue weighted by Crippen LogP contribution is 2.25. The molecule has 3 nitrogen and oxygen atoms in total. The Morgan fingerprint density at radius 3 is 2.75 bits per heavy atom. The van der Waals surface area contributed by atoms with Gasteiger partial charge < -0.3 is 10.1 Å². The number of nitrogens with one attached hydrogen (secondary N) is 1. The zero-order valence-corrected chi connectivity index (χ0v) is 12.1. The van der Waals surface area contributed by atoms with Crippen LogP contribution in [-0.2, 0) is 9.53 Å². The molecule has 0 radical (unpaired) electrons. The fraction of sp³-hybridized carbons (Fsp3) is 0.917. The Morgan fingerprint density at radius 2 is 2.25 bits per heavy atom. The molecule has 0 spiro atoms. The summed E-state index contributed by atoms with van der Waals surface area (Å²) in [5.41, 5.74) is -0.224. The van der Waals surface area contributed by atoms with Crippen molar-refractivity contribution in [2.24, 2.45) is 5.92 Å². The summed E-state index contributed by atoms with van der Waals surface area (Å²) >= 11 is 3.52. The van der Waals surface area contributed by atoms with Crippen molar-refractivity contribution in [1.29, 1.82) is 0 Å². The molecule has 1 heterocycles. The van der Waals surface area contributed by atoms with Crippen molar-refractivity contribution in [1.82, 2.24) is 5.32 Å². The second kappa shape index (κ2) is 5.50. The van der Waals surface area contributed by atoms with Crippen LogP contribution in [0, 0.1) is 5.92 Å². The van der Waals surface area contributed by atoms with Gasteiger partial charge in [-0.15, -0.1) is 0 Å². The minimum atomic E-state index is -0.224. The molecule has 94 valence electrons. The number of ether oxygens (including phenoxy) is 1. The summed E-state index contributed by atoms with van der Waals surface area (Å²) in [6.45, 7) is 8.88. The quantitative estimate of drug-likeness (QED) is 0.808. The lowest BCUT2D eigenvalue weighted by molar-refractivity contribution is -0.128. The van der Waals surface area contributed by atoms with E-state index < -0.39 is 0 Å². The molecule has 0 aliphatic carbocycles. The lowest BCUT2D eigenvalue weighted by Gasteiger charge is -2.31. The molecule has 4 heteroatoms. The molecule has 0 saturated carbocycles. The molecule has 1 amide bonds. The highest BCUT2D eigenvalue weighted by molar-refractivity contribution is 9.09. The van der Waals surface area contributed by atoms with E-state index in [1.165, 1.54) is 0 Å². The summed E-state index contributed by atoms with van der Waals surface area (Å²) in [5, 5.41) is 3.10. The van der Waals surface area contributed by atoms with Gasteiger partial charge in [-0.1, -0.05) is 29.8 Å². The van der Waals surface area contributed by atoms with E-state index in [1.54, 1.807) is 0 Å². The second-order valence-electron chi connectivity index (χ2n) is 5.04. The summed E-state index contributed by atoms with van der Waals surface area (Å²) < 4.78 is 5.54. The Bertz CT molecular complexity index is 253. The third-order valence-electron chi connectivity index (χ3n) is 3.39. The van der Waals surface area contributed by atoms with Crippen molar-refractivity contribution in [2.45, 2.75) is 57.0 Å². The molecule has 0 bridgehead atoms. The molecule has 1 N–H and O–H groups in total. The van der Waals surface area contributed by atoms with Crippen LogP contribution in [0.2, 0.25) is 0 Å². The summed E-state index contributed by atoms with van der Waals surface area (Å²) in [6, 6.07) is 0. The van der Waals surface area contributed by atoms with Crippen LogP contribution in [0.4, 0.5) is 0 Å². The molecule has 16 heavy (non-hydrogen) atoms. The third kappa shape index (κ3) is 3.20. The smallest absolute Gasteiger partial charge is 0.226 e. The van der Waals surface area contributed by atoms with E-state index in [-0.39, 0.29) is 28.3 Å². The first-order chi connectivity index (χ1) is 7.38. The lowest BCUT2D eigenvalue weighted by Crippen LogP contribution is -2.51. The minimum Gasteiger partial charge on any atom is -0.377 e. The number of halogens is 1. The standard InChI is InChI=1S/C12H22BrNO2/c1-5-10-9(6-7-16-10)11(15)14-12(3,4)8(2)13/h8-10H,5-7H2,1-4H3,(H,14,15). The molecule has 0 aromatic rings. The topological polar surface area (TPSA) is 38.3 Å². The third-order valence-corrected chi connectivity index (χ3v) is 4.53. The normalized spacial score (nSPS) is 27.8. The van der Waals surface area contributed by atoms with Gasteiger partial charge in [-0.25, -0.2) is 0 Å². The maximum atomic E-state index is 12.1. The van der Waals surface area contributed by atoms with Crippen LogP contribution in [0.25, 0.3) is 0 Å². The number of rotatable bonds is 4. The lowest BCUT2D eigenvalue weighted by atomic mass is 9.95. The van der Waals surface area contributed by atoms with Crippen LogP contribution in [0.15, 0.2) is 0 Å². The van der Waals surface area contributed by atoms with Gasteiger partial charge in [-0.3, -0.25) is 4.79 Å². The predicted molar refractivity (Wildman–Crippen MR) is 68.7 cm³/mol. The minimum absolute atomic E-state index is 0.0236. The Hall–Kier alpha value is -0.0900. The Labute approximate surface area is 106 Å². The molecule has 0 aromatic carbocycles. The number of carbonyl (C=O) groups is 1. The summed E-state index contributed by atoms with van der Waals surface area (Å²) in [5.74, 6) is 0.149. The molecule has 1 fully saturated rings. The van der Waals surface area contributed by atoms with Crippen LogP contribution < -0.4 is 5.32 Å². The molecular weight excluding hydrogens is 270 g/mol. The Morgan fingerprint density at radius 1 is 1.62 bits per heavy atom. The maximum absolute atomic E-state index is 12.1. The van der Waals surface area contributed by atoms with Crippen molar-refractivity contribution in [2.75, 3.05) is 6.61 Å². The summed E-state index contributed by atoms with van der Waals surface area (Å²) in [4.78, 5) is 12.4. The van der Waals surface area contributed by atoms with E-state index in [0.717, 1.165) is 12.8 Å². The zero-order chi connectivity index (χ0) is 12.3. The Balaban J connectivity index is 2.58. The first-order valence-electron chi connectivity index (χ1n) is 5.96. The van der Waals surface area contributed by atoms with Gasteiger partial charge in [0.15, 0.2) is 0 Å². The van der Waals surface area contributed by atoms with Gasteiger partial charge in [0, 0.05) is 17.0 Å². The monoisotopic (exact) mass is 291 g/mol. The highest BCUT2D eigenvalue weighted by atomic mass is 79.9. The summed E-state index contributed by atoms with van der Waals surface area (Å²) in [7, 11) is 0. The molecule has 1 aliphatic heterocycles. The zero-order valence-electron chi connectivity index (χ0n) is 10.5. The number of carbonyl (C=O) groups excluding carboxylic acids is 1. The maximum Gasteiger partial charge on any atom is 0.226 e. The number of alkyl halides is 1. The van der Waals surface area contributed by atoms with E-state index in [0.29, 0.717) is 6.61 Å². The fourth-order valence-corrected chi connectivity index (χ4v) is 1.97. The van der Waals surface area contributed by atoms with Gasteiger partial charge in [0.1, 0.15) is 0 Å². The van der Waals surface area contributed by atoms with E-state index in [1.807, 2.05) is 20.8 Å². The Kier molecular flexibility index (Phi) is 4.80. The van der Waals surface area contributed by atoms with Gasteiger partial charge in [-0.05, 0) is 26.7 Å². The molecular formula is C12H22BrNO2. The first kappa shape index (κ1) is 14.0. The van der Waals surface area contributed by atoms with Crippen LogP contribution in [-0.4, -0.2) is 29.0 Å². The molecule has 3 atom stereocenters. The average molecular weight is 292 g/mol. The number of hydrogen-bond donors (Lipinski definition) is 1. The summed E-state index contributed by atoms with van der Waals surface area (Å²) in [6.07, 6.45) is 1.85. The number of hydrogen-bond acceptors (Lipinski definition) is 2. The van der Waals surface area contributed by atoms with E-state index >= 15 is 0 Å². The SMILES string of the molecule is CCC1OCCC1C(=O)NC(C)(C)C(C)Br. The van der Waals surface area contributed by atoms with Gasteiger partial charge in [0.25, 0.3) is 0 Å². The average Bonchev–Trinajstić information content (AvgIpc) is 2.64. The molecule has 0 aromatic heterocycles. The van der Waals surface area contributed by atoms with Crippen LogP contribution in [0.3, 0.4) is 0 Å². The highest BCUT2D eigenvalue weighted by Gasteiger charge is 2.36. The molecule has 1 saturated heterocycles. The van der Waals surface area contributed by atoms with E-state index in [9.17, 15) is 4.79 Å². The predicted octanol–water partition coefficient (Wildman–Crippen LogP) is 2.48. The van der Waals surface area contributed by atoms with Crippen molar-refractivity contribution < 1.29 is 9.53 Å². The van der Waals surface area contributed by atoms with Gasteiger partial charge in [0.05, 0.1) is 12.0 Å². The van der Waals surface area contributed by atoms with Crippen molar-refractivity contribution in [3.8, 4) is 0 Å². The largest absolute Gasteiger partial charge is 0.377 e. The fourth-order valence-electron chi connectivity index (χ4n) is 1.86. The van der Waals surface area contributed by atoms with Crippen LogP contribution >= 0.6 is 15.9 Å². The first-order valence-corrected chi connectivity index (χ1v) is 6.87. The van der Waals surface area contributed by atoms with Crippen LogP contribution in [0.1, 0.15) is 40.5 Å². The van der Waals surface area contributed by atoms with Crippen molar-refractivity contribution >= 4 is 21.8 Å². The molecule has 1 aliphatic rings. The van der Waals surface area contributed by atoms with E-state index in [2.05, 4.69) is 28.2 Å². The second-order valence-corrected chi connectivity index (χ2v) is 6.41. The van der Waals surface area contributed by atoms with Gasteiger partial charge in [0.2, 0.25) is 5.91 Å². The molecule has 3 unspecified atom stereocenters.